The fourth-order valence-electron chi connectivity index (χ4n) is 2.02. The Morgan fingerprint density at radius 1 is 0.885 bits per heavy atom. The smallest absolute Gasteiger partial charge is 0.430 e. The molecule has 0 spiro atoms. The van der Waals surface area contributed by atoms with Gasteiger partial charge in [-0.2, -0.15) is 39.5 Å². The average molecular weight is 399 g/mol. The maximum atomic E-state index is 12.7. The molecule has 0 amide bonds. The first-order chi connectivity index (χ1) is 11.5. The topological polar surface area (TPSA) is 60.8 Å². The Kier molecular flexibility index (Phi) is 5.76. The second-order valence-corrected chi connectivity index (χ2v) is 5.12. The maximum Gasteiger partial charge on any atom is 0.430 e. The number of halogens is 9. The Morgan fingerprint density at radius 2 is 1.31 bits per heavy atom. The van der Waals surface area contributed by atoms with Crippen LogP contribution in [-0.2, 0) is 10.4 Å². The van der Waals surface area contributed by atoms with Crippen LogP contribution in [0.5, 0.6) is 0 Å². The lowest BCUT2D eigenvalue weighted by Gasteiger charge is -2.33. The van der Waals surface area contributed by atoms with Crippen LogP contribution in [0.3, 0.4) is 0 Å². The van der Waals surface area contributed by atoms with E-state index in [1.165, 1.54) is 0 Å². The van der Waals surface area contributed by atoms with E-state index in [0.29, 0.717) is 12.1 Å². The van der Waals surface area contributed by atoms with Gasteiger partial charge < -0.3 is 15.1 Å². The van der Waals surface area contributed by atoms with Gasteiger partial charge in [0, 0.05) is 11.3 Å². The Morgan fingerprint density at radius 3 is 1.62 bits per heavy atom. The van der Waals surface area contributed by atoms with Gasteiger partial charge in [0.1, 0.15) is 13.1 Å². The van der Waals surface area contributed by atoms with Crippen molar-refractivity contribution in [3.8, 4) is 0 Å². The summed E-state index contributed by atoms with van der Waals surface area (Å²) in [5.41, 5.74) is -7.51. The minimum Gasteiger partial charge on any atom is -0.480 e. The number of rotatable bonds is 5. The summed E-state index contributed by atoms with van der Waals surface area (Å²) in [7, 11) is 0. The molecule has 0 saturated heterocycles. The van der Waals surface area contributed by atoms with Crippen molar-refractivity contribution in [3.05, 3.63) is 29.8 Å². The molecule has 0 heterocycles. The van der Waals surface area contributed by atoms with Gasteiger partial charge in [0.05, 0.1) is 0 Å². The molecule has 0 unspecified atom stereocenters. The quantitative estimate of drug-likeness (QED) is 0.745. The number of alkyl halides is 9. The van der Waals surface area contributed by atoms with Crippen molar-refractivity contribution >= 4 is 11.7 Å². The lowest BCUT2D eigenvalue weighted by Crippen LogP contribution is -2.53. The SMILES string of the molecule is O=C(O)CN(CC(F)(F)F)c1ccc(C(O)(C(F)(F)F)C(F)(F)F)cc1. The molecule has 2 N–H and O–H groups in total. The zero-order chi connectivity index (χ0) is 20.6. The lowest BCUT2D eigenvalue weighted by atomic mass is 9.92. The predicted octanol–water partition coefficient (Wildman–Crippen LogP) is 3.45. The molecule has 1 rings (SSSR count). The second kappa shape index (κ2) is 6.85. The minimum absolute atomic E-state index is 0.127. The van der Waals surface area contributed by atoms with E-state index < -0.39 is 54.4 Å². The van der Waals surface area contributed by atoms with Crippen molar-refractivity contribution in [1.29, 1.82) is 0 Å². The highest BCUT2D eigenvalue weighted by Crippen LogP contribution is 2.50. The first-order valence-electron chi connectivity index (χ1n) is 6.49. The van der Waals surface area contributed by atoms with Crippen LogP contribution in [0, 0.1) is 0 Å². The van der Waals surface area contributed by atoms with Crippen LogP contribution in [0.4, 0.5) is 45.2 Å². The summed E-state index contributed by atoms with van der Waals surface area (Å²) in [6, 6.07) is 1.10. The highest BCUT2D eigenvalue weighted by Gasteiger charge is 2.71. The number of carboxylic acid groups (broad SMARTS) is 1. The minimum atomic E-state index is -6.15. The number of hydrogen-bond acceptors (Lipinski definition) is 3. The molecule has 0 aliphatic heterocycles. The highest BCUT2D eigenvalue weighted by molar-refractivity contribution is 5.73. The zero-order valence-electron chi connectivity index (χ0n) is 12.4. The van der Waals surface area contributed by atoms with Crippen molar-refractivity contribution in [3.63, 3.8) is 0 Å². The fourth-order valence-corrected chi connectivity index (χ4v) is 2.02. The third-order valence-corrected chi connectivity index (χ3v) is 3.17. The first kappa shape index (κ1) is 21.9. The van der Waals surface area contributed by atoms with E-state index in [9.17, 15) is 49.4 Å². The number of carboxylic acids is 1. The van der Waals surface area contributed by atoms with Gasteiger partial charge in [-0.3, -0.25) is 4.79 Å². The molecule has 0 aliphatic rings. The summed E-state index contributed by atoms with van der Waals surface area (Å²) in [4.78, 5) is 10.8. The van der Waals surface area contributed by atoms with Gasteiger partial charge in [-0.25, -0.2) is 0 Å². The van der Waals surface area contributed by atoms with Crippen LogP contribution in [-0.4, -0.2) is 47.8 Å². The van der Waals surface area contributed by atoms with E-state index in [2.05, 4.69) is 0 Å². The number of carbonyl (C=O) groups is 1. The average Bonchev–Trinajstić information content (AvgIpc) is 2.41. The number of anilines is 1. The standard InChI is InChI=1S/C13H10F9NO3/c14-10(15,16)6-23(5-9(24)25)8-3-1-7(2-4-8)11(26,12(17,18)19)13(20,21)22/h1-4,26H,5-6H2,(H,24,25). The molecule has 0 aliphatic carbocycles. The number of hydrogen-bond donors (Lipinski definition) is 2. The third-order valence-electron chi connectivity index (χ3n) is 3.17. The normalized spacial score (nSPS) is 13.6. The van der Waals surface area contributed by atoms with Crippen molar-refractivity contribution in [2.45, 2.75) is 24.1 Å². The molecule has 1 aromatic carbocycles. The number of aliphatic carboxylic acids is 1. The zero-order valence-corrected chi connectivity index (χ0v) is 12.4. The number of nitrogens with zero attached hydrogens (tertiary/aromatic N) is 1. The van der Waals surface area contributed by atoms with E-state index >= 15 is 0 Å². The predicted molar refractivity (Wildman–Crippen MR) is 68.4 cm³/mol. The summed E-state index contributed by atoms with van der Waals surface area (Å²) >= 11 is 0. The second-order valence-electron chi connectivity index (χ2n) is 5.12. The van der Waals surface area contributed by atoms with Crippen molar-refractivity contribution in [2.24, 2.45) is 0 Å². The Balaban J connectivity index is 3.32. The van der Waals surface area contributed by atoms with Crippen molar-refractivity contribution < 1.29 is 54.5 Å². The summed E-state index contributed by atoms with van der Waals surface area (Å²) in [6.45, 7) is -3.01. The summed E-state index contributed by atoms with van der Waals surface area (Å²) in [5.74, 6) is -1.71. The maximum absolute atomic E-state index is 12.7. The fraction of sp³-hybridized carbons (Fsp3) is 0.462. The third kappa shape index (κ3) is 4.71. The summed E-state index contributed by atoms with van der Waals surface area (Å²) in [5, 5.41) is 17.8. The molecular weight excluding hydrogens is 389 g/mol. The van der Waals surface area contributed by atoms with Gasteiger partial charge in [0.2, 0.25) is 0 Å². The molecule has 1 aromatic rings. The largest absolute Gasteiger partial charge is 0.480 e. The van der Waals surface area contributed by atoms with E-state index in [1.54, 1.807) is 0 Å². The molecule has 13 heteroatoms. The molecule has 0 aromatic heterocycles. The molecule has 0 fully saturated rings. The van der Waals surface area contributed by atoms with Crippen molar-refractivity contribution in [1.82, 2.24) is 0 Å². The van der Waals surface area contributed by atoms with E-state index in [4.69, 9.17) is 5.11 Å². The summed E-state index contributed by atoms with van der Waals surface area (Å²) in [6.07, 6.45) is -17.2. The molecule has 0 radical (unpaired) electrons. The van der Waals surface area contributed by atoms with Crippen LogP contribution >= 0.6 is 0 Å². The van der Waals surface area contributed by atoms with Gasteiger partial charge >= 0.3 is 24.5 Å². The molecule has 0 saturated carbocycles. The van der Waals surface area contributed by atoms with E-state index in [-0.39, 0.29) is 17.0 Å². The van der Waals surface area contributed by atoms with E-state index in [1.807, 2.05) is 0 Å². The molecule has 4 nitrogen and oxygen atoms in total. The monoisotopic (exact) mass is 399 g/mol. The van der Waals surface area contributed by atoms with Gasteiger partial charge in [-0.15, -0.1) is 0 Å². The van der Waals surface area contributed by atoms with Gasteiger partial charge in [-0.1, -0.05) is 12.1 Å². The Labute approximate surface area is 139 Å². The molecule has 26 heavy (non-hydrogen) atoms. The number of aliphatic hydroxyl groups is 1. The molecular formula is C13H10F9NO3. The first-order valence-corrected chi connectivity index (χ1v) is 6.49. The van der Waals surface area contributed by atoms with Gasteiger partial charge in [-0.05, 0) is 12.1 Å². The van der Waals surface area contributed by atoms with Gasteiger partial charge in [0.15, 0.2) is 0 Å². The van der Waals surface area contributed by atoms with Gasteiger partial charge in [0.25, 0.3) is 5.60 Å². The molecule has 0 bridgehead atoms. The van der Waals surface area contributed by atoms with Crippen LogP contribution in [0.15, 0.2) is 24.3 Å². The van der Waals surface area contributed by atoms with Crippen LogP contribution in [0.2, 0.25) is 0 Å². The van der Waals surface area contributed by atoms with Crippen molar-refractivity contribution in [2.75, 3.05) is 18.0 Å². The van der Waals surface area contributed by atoms with Crippen LogP contribution < -0.4 is 4.90 Å². The number of benzene rings is 1. The van der Waals surface area contributed by atoms with Crippen LogP contribution in [0.1, 0.15) is 5.56 Å². The molecule has 148 valence electrons. The van der Waals surface area contributed by atoms with E-state index in [0.717, 1.165) is 0 Å². The Bertz CT molecular complexity index is 620. The summed E-state index contributed by atoms with van der Waals surface area (Å²) < 4.78 is 114. The highest BCUT2D eigenvalue weighted by atomic mass is 19.4. The molecule has 0 atom stereocenters. The lowest BCUT2D eigenvalue weighted by molar-refractivity contribution is -0.376. The Hall–Kier alpha value is -2.18. The van der Waals surface area contributed by atoms with Crippen LogP contribution in [0.25, 0.3) is 0 Å².